The Bertz CT molecular complexity index is 455. The smallest absolute Gasteiger partial charge is 0.309 e. The molecule has 150 valence electrons. The van der Waals surface area contributed by atoms with Crippen LogP contribution in [0.2, 0.25) is 0 Å². The molecule has 0 bridgehead atoms. The van der Waals surface area contributed by atoms with Gasteiger partial charge in [-0.2, -0.15) is 0 Å². The summed E-state index contributed by atoms with van der Waals surface area (Å²) < 4.78 is 9.86. The highest BCUT2D eigenvalue weighted by atomic mass is 16.5. The minimum Gasteiger partial charge on any atom is -0.469 e. The lowest BCUT2D eigenvalue weighted by Gasteiger charge is -2.20. The van der Waals surface area contributed by atoms with Gasteiger partial charge < -0.3 is 14.6 Å². The van der Waals surface area contributed by atoms with E-state index in [9.17, 15) is 14.7 Å². The first kappa shape index (κ1) is 22.7. The van der Waals surface area contributed by atoms with E-state index in [0.717, 1.165) is 57.8 Å². The first-order valence-electron chi connectivity index (χ1n) is 10.0. The van der Waals surface area contributed by atoms with E-state index in [1.807, 2.05) is 19.1 Å². The van der Waals surface area contributed by atoms with Crippen molar-refractivity contribution in [3.05, 3.63) is 12.2 Å². The Kier molecular flexibility index (Phi) is 10.6. The van der Waals surface area contributed by atoms with E-state index in [-0.39, 0.29) is 23.8 Å². The summed E-state index contributed by atoms with van der Waals surface area (Å²) >= 11 is 0. The lowest BCUT2D eigenvalue weighted by Crippen LogP contribution is -2.22. The zero-order chi connectivity index (χ0) is 19.4. The van der Waals surface area contributed by atoms with Gasteiger partial charge in [0.2, 0.25) is 0 Å². The van der Waals surface area contributed by atoms with Crippen LogP contribution >= 0.6 is 0 Å². The number of methoxy groups -OCH3 is 1. The van der Waals surface area contributed by atoms with E-state index in [1.165, 1.54) is 7.11 Å². The number of rotatable bonds is 13. The average molecular weight is 369 g/mol. The summed E-state index contributed by atoms with van der Waals surface area (Å²) in [5.74, 6) is -0.353. The van der Waals surface area contributed by atoms with Gasteiger partial charge >= 0.3 is 11.9 Å². The predicted octanol–water partition coefficient (Wildman–Crippen LogP) is 4.18. The Hall–Kier alpha value is -1.36. The second-order valence-electron chi connectivity index (χ2n) is 7.60. The third-order valence-corrected chi connectivity index (χ3v) is 5.10. The maximum atomic E-state index is 12.0. The maximum Gasteiger partial charge on any atom is 0.309 e. The van der Waals surface area contributed by atoms with Crippen LogP contribution in [-0.4, -0.2) is 36.4 Å². The molecule has 0 unspecified atom stereocenters. The molecule has 0 spiro atoms. The fourth-order valence-electron chi connectivity index (χ4n) is 3.33. The monoisotopic (exact) mass is 368 g/mol. The molecule has 1 aliphatic rings. The van der Waals surface area contributed by atoms with Gasteiger partial charge in [0.25, 0.3) is 0 Å². The molecule has 0 saturated carbocycles. The molecule has 1 N–H and O–H groups in total. The first-order valence-corrected chi connectivity index (χ1v) is 10.0. The van der Waals surface area contributed by atoms with Gasteiger partial charge in [0, 0.05) is 12.3 Å². The van der Waals surface area contributed by atoms with Gasteiger partial charge in [-0.05, 0) is 26.2 Å². The van der Waals surface area contributed by atoms with Crippen molar-refractivity contribution in [2.75, 3.05) is 13.7 Å². The molecule has 3 atom stereocenters. The fraction of sp³-hybridized carbons (Fsp3) is 0.810. The fourth-order valence-corrected chi connectivity index (χ4v) is 3.33. The first-order chi connectivity index (χ1) is 12.4. The zero-order valence-electron chi connectivity index (χ0n) is 16.7. The topological polar surface area (TPSA) is 72.8 Å². The number of unbranched alkanes of at least 4 members (excludes halogenated alkanes) is 5. The Labute approximate surface area is 158 Å². The summed E-state index contributed by atoms with van der Waals surface area (Å²) in [7, 11) is 1.41. The molecule has 0 aliphatic carbocycles. The van der Waals surface area contributed by atoms with Gasteiger partial charge in [-0.25, -0.2) is 0 Å². The van der Waals surface area contributed by atoms with Crippen LogP contribution in [0.5, 0.6) is 0 Å². The number of ether oxygens (including phenoxy) is 2. The molecule has 0 amide bonds. The highest BCUT2D eigenvalue weighted by Gasteiger charge is 2.35. The van der Waals surface area contributed by atoms with Crippen LogP contribution in [0, 0.1) is 11.8 Å². The van der Waals surface area contributed by atoms with Gasteiger partial charge in [0.1, 0.15) is 0 Å². The van der Waals surface area contributed by atoms with Gasteiger partial charge in [-0.1, -0.05) is 57.6 Å². The van der Waals surface area contributed by atoms with Crippen molar-refractivity contribution in [2.45, 2.75) is 83.7 Å². The Morgan fingerprint density at radius 1 is 1.27 bits per heavy atom. The summed E-state index contributed by atoms with van der Waals surface area (Å²) in [5.41, 5.74) is -0.820. The molecule has 26 heavy (non-hydrogen) atoms. The van der Waals surface area contributed by atoms with Crippen LogP contribution in [0.15, 0.2) is 12.2 Å². The van der Waals surface area contributed by atoms with Crippen molar-refractivity contribution in [3.8, 4) is 0 Å². The van der Waals surface area contributed by atoms with E-state index < -0.39 is 5.60 Å². The van der Waals surface area contributed by atoms with Gasteiger partial charge in [0.05, 0.1) is 25.2 Å². The number of aliphatic hydroxyl groups is 1. The molecule has 1 saturated heterocycles. The van der Waals surface area contributed by atoms with Crippen molar-refractivity contribution >= 4 is 11.9 Å². The largest absolute Gasteiger partial charge is 0.469 e. The van der Waals surface area contributed by atoms with E-state index in [2.05, 4.69) is 11.7 Å². The summed E-state index contributed by atoms with van der Waals surface area (Å²) in [6, 6.07) is 0. The third kappa shape index (κ3) is 8.84. The van der Waals surface area contributed by atoms with Crippen LogP contribution in [0.3, 0.4) is 0 Å². The van der Waals surface area contributed by atoms with Gasteiger partial charge in [-0.3, -0.25) is 9.59 Å². The molecule has 5 nitrogen and oxygen atoms in total. The lowest BCUT2D eigenvalue weighted by atomic mass is 9.88. The van der Waals surface area contributed by atoms with Crippen molar-refractivity contribution in [3.63, 3.8) is 0 Å². The number of hydrogen-bond donors (Lipinski definition) is 1. The lowest BCUT2D eigenvalue weighted by molar-refractivity contribution is -0.141. The molecule has 1 heterocycles. The SMILES string of the molecule is CCCCC[C@](C)(O)/C=C/[C@H]1COC(=O)[C@@H]1CCCCCCC(=O)OC. The predicted molar refractivity (Wildman–Crippen MR) is 102 cm³/mol. The molecular weight excluding hydrogens is 332 g/mol. The van der Waals surface area contributed by atoms with Crippen LogP contribution in [0.1, 0.15) is 78.1 Å². The van der Waals surface area contributed by atoms with Crippen LogP contribution in [0.4, 0.5) is 0 Å². The summed E-state index contributed by atoms with van der Waals surface area (Å²) in [6.45, 7) is 4.38. The number of hydrogen-bond acceptors (Lipinski definition) is 5. The molecule has 1 fully saturated rings. The number of cyclic esters (lactones) is 1. The second kappa shape index (κ2) is 12.1. The number of carbonyl (C=O) groups is 2. The molecule has 5 heteroatoms. The molecule has 0 aromatic heterocycles. The highest BCUT2D eigenvalue weighted by molar-refractivity contribution is 5.75. The summed E-state index contributed by atoms with van der Waals surface area (Å²) in [6.07, 6.45) is 12.8. The van der Waals surface area contributed by atoms with Crippen molar-refractivity contribution < 1.29 is 24.2 Å². The third-order valence-electron chi connectivity index (χ3n) is 5.10. The summed E-state index contributed by atoms with van der Waals surface area (Å²) in [5, 5.41) is 10.4. The molecule has 1 aliphatic heterocycles. The van der Waals surface area contributed by atoms with Crippen molar-refractivity contribution in [2.24, 2.45) is 11.8 Å². The van der Waals surface area contributed by atoms with Crippen molar-refractivity contribution in [1.29, 1.82) is 0 Å². The van der Waals surface area contributed by atoms with Gasteiger partial charge in [-0.15, -0.1) is 0 Å². The molecule has 0 radical (unpaired) electrons. The van der Waals surface area contributed by atoms with Crippen LogP contribution in [-0.2, 0) is 19.1 Å². The van der Waals surface area contributed by atoms with Crippen molar-refractivity contribution in [1.82, 2.24) is 0 Å². The normalized spacial score (nSPS) is 22.4. The van der Waals surface area contributed by atoms with E-state index >= 15 is 0 Å². The maximum absolute atomic E-state index is 12.0. The molecule has 1 rings (SSSR count). The molecule has 0 aromatic carbocycles. The summed E-state index contributed by atoms with van der Waals surface area (Å²) in [4.78, 5) is 23.1. The van der Waals surface area contributed by atoms with Gasteiger partial charge in [0.15, 0.2) is 0 Å². The number of carbonyl (C=O) groups excluding carboxylic acids is 2. The second-order valence-corrected chi connectivity index (χ2v) is 7.60. The van der Waals surface area contributed by atoms with E-state index in [4.69, 9.17) is 4.74 Å². The minimum absolute atomic E-state index is 0.0511. The average Bonchev–Trinajstić information content (AvgIpc) is 2.96. The van der Waals surface area contributed by atoms with Crippen LogP contribution < -0.4 is 0 Å². The van der Waals surface area contributed by atoms with E-state index in [1.54, 1.807) is 0 Å². The number of esters is 2. The standard InChI is InChI=1S/C21H36O5/c1-4-5-10-14-21(2,24)15-13-17-16-26-20(23)18(17)11-8-6-7-9-12-19(22)25-3/h13,15,17-18,24H,4-12,14,16H2,1-3H3/b15-13+/t17-,18+,21-/m0/s1. The highest BCUT2D eigenvalue weighted by Crippen LogP contribution is 2.30. The Morgan fingerprint density at radius 3 is 2.69 bits per heavy atom. The van der Waals surface area contributed by atoms with E-state index in [0.29, 0.717) is 13.0 Å². The Morgan fingerprint density at radius 2 is 2.00 bits per heavy atom. The quantitative estimate of drug-likeness (QED) is 0.300. The molecule has 0 aromatic rings. The van der Waals surface area contributed by atoms with Crippen LogP contribution in [0.25, 0.3) is 0 Å². The zero-order valence-corrected chi connectivity index (χ0v) is 16.7. The molecular formula is C21H36O5. The minimum atomic E-state index is -0.820. The Balaban J connectivity index is 2.35.